The van der Waals surface area contributed by atoms with Crippen LogP contribution in [0.1, 0.15) is 12.5 Å². The fraction of sp³-hybridized carbons (Fsp3) is 0.364. The van der Waals surface area contributed by atoms with Gasteiger partial charge in [0.25, 0.3) is 0 Å². The number of benzene rings is 1. The monoisotopic (exact) mass is 210 g/mol. The molecule has 2 nitrogen and oxygen atoms in total. The van der Waals surface area contributed by atoms with E-state index in [-0.39, 0.29) is 0 Å². The fourth-order valence-corrected chi connectivity index (χ4v) is 1.34. The Kier molecular flexibility index (Phi) is 3.96. The Balaban J connectivity index is 2.96. The van der Waals surface area contributed by atoms with Crippen LogP contribution in [0.2, 0.25) is 5.02 Å². The lowest BCUT2D eigenvalue weighted by Gasteiger charge is -2.05. The average molecular weight is 211 g/mol. The largest absolute Gasteiger partial charge is 0.369 e. The molecule has 1 rings (SSSR count). The second-order valence-corrected chi connectivity index (χ2v) is 3.77. The van der Waals surface area contributed by atoms with Crippen molar-refractivity contribution in [2.24, 2.45) is 4.99 Å². The van der Waals surface area contributed by atoms with Crippen LogP contribution in [0.5, 0.6) is 0 Å². The van der Waals surface area contributed by atoms with Crippen LogP contribution in [0.4, 0.5) is 5.69 Å². The van der Waals surface area contributed by atoms with Gasteiger partial charge in [0, 0.05) is 19.1 Å². The van der Waals surface area contributed by atoms with Gasteiger partial charge < -0.3 is 4.90 Å². The summed E-state index contributed by atoms with van der Waals surface area (Å²) in [6.45, 7) is 2.10. The highest BCUT2D eigenvalue weighted by Gasteiger charge is 1.99. The lowest BCUT2D eigenvalue weighted by molar-refractivity contribution is 0.643. The van der Waals surface area contributed by atoms with E-state index in [1.807, 2.05) is 37.2 Å². The topological polar surface area (TPSA) is 15.6 Å². The predicted molar refractivity (Wildman–Crippen MR) is 62.7 cm³/mol. The molecule has 0 N–H and O–H groups in total. The molecule has 3 heteroatoms. The summed E-state index contributed by atoms with van der Waals surface area (Å²) >= 11 is 5.90. The number of aryl methyl sites for hydroxylation is 1. The van der Waals surface area contributed by atoms with E-state index in [9.17, 15) is 0 Å². The number of nitrogens with zero attached hydrogens (tertiary/aromatic N) is 2. The Hall–Kier alpha value is -1.02. The molecule has 0 fully saturated rings. The Labute approximate surface area is 90.2 Å². The van der Waals surface area contributed by atoms with Gasteiger partial charge in [-0.05, 0) is 30.2 Å². The van der Waals surface area contributed by atoms with E-state index >= 15 is 0 Å². The third-order valence-electron chi connectivity index (χ3n) is 1.85. The summed E-state index contributed by atoms with van der Waals surface area (Å²) in [6.07, 6.45) is 2.74. The number of halogens is 1. The molecule has 0 aliphatic carbocycles. The van der Waals surface area contributed by atoms with Crippen molar-refractivity contribution in [3.05, 3.63) is 28.8 Å². The van der Waals surface area contributed by atoms with Crippen molar-refractivity contribution in [1.29, 1.82) is 0 Å². The second kappa shape index (κ2) is 5.01. The second-order valence-electron chi connectivity index (χ2n) is 3.33. The molecule has 0 radical (unpaired) electrons. The zero-order valence-corrected chi connectivity index (χ0v) is 9.54. The van der Waals surface area contributed by atoms with E-state index in [1.165, 1.54) is 5.56 Å². The van der Waals surface area contributed by atoms with Gasteiger partial charge in [0.15, 0.2) is 0 Å². The van der Waals surface area contributed by atoms with Crippen molar-refractivity contribution >= 4 is 23.6 Å². The molecule has 0 aliphatic heterocycles. The summed E-state index contributed by atoms with van der Waals surface area (Å²) in [5.74, 6) is 0. The van der Waals surface area contributed by atoms with Crippen LogP contribution in [0.15, 0.2) is 23.2 Å². The molecule has 1 aromatic carbocycles. The first-order valence-corrected chi connectivity index (χ1v) is 5.00. The highest BCUT2D eigenvalue weighted by Crippen LogP contribution is 2.23. The van der Waals surface area contributed by atoms with Crippen LogP contribution in [0, 0.1) is 0 Å². The Morgan fingerprint density at radius 2 is 2.14 bits per heavy atom. The molecule has 0 bridgehead atoms. The van der Waals surface area contributed by atoms with Gasteiger partial charge in [0.2, 0.25) is 0 Å². The van der Waals surface area contributed by atoms with Gasteiger partial charge in [0.1, 0.15) is 0 Å². The van der Waals surface area contributed by atoms with Crippen molar-refractivity contribution in [2.45, 2.75) is 13.3 Å². The predicted octanol–water partition coefficient (Wildman–Crippen LogP) is 3.12. The van der Waals surface area contributed by atoms with E-state index < -0.39 is 0 Å². The van der Waals surface area contributed by atoms with Crippen LogP contribution in [0.3, 0.4) is 0 Å². The van der Waals surface area contributed by atoms with Gasteiger partial charge in [-0.15, -0.1) is 0 Å². The minimum atomic E-state index is 0.769. The van der Waals surface area contributed by atoms with Crippen LogP contribution in [-0.2, 0) is 6.42 Å². The molecule has 76 valence electrons. The van der Waals surface area contributed by atoms with Crippen LogP contribution in [0.25, 0.3) is 0 Å². The first kappa shape index (κ1) is 11.1. The summed E-state index contributed by atoms with van der Waals surface area (Å²) in [6, 6.07) is 5.77. The van der Waals surface area contributed by atoms with Crippen LogP contribution >= 0.6 is 11.6 Å². The Bertz CT molecular complexity index is 332. The molecule has 0 amide bonds. The first-order chi connectivity index (χ1) is 6.63. The van der Waals surface area contributed by atoms with Crippen molar-refractivity contribution in [1.82, 2.24) is 4.90 Å². The van der Waals surface area contributed by atoms with Crippen LogP contribution in [-0.4, -0.2) is 25.3 Å². The third-order valence-corrected chi connectivity index (χ3v) is 2.09. The summed E-state index contributed by atoms with van der Waals surface area (Å²) in [4.78, 5) is 6.27. The molecule has 0 heterocycles. The van der Waals surface area contributed by atoms with E-state index in [2.05, 4.69) is 11.9 Å². The maximum absolute atomic E-state index is 5.90. The van der Waals surface area contributed by atoms with Crippen molar-refractivity contribution in [2.75, 3.05) is 14.1 Å². The molecule has 0 spiro atoms. The quantitative estimate of drug-likeness (QED) is 0.553. The highest BCUT2D eigenvalue weighted by molar-refractivity contribution is 6.30. The molecule has 14 heavy (non-hydrogen) atoms. The number of hydrogen-bond acceptors (Lipinski definition) is 1. The molecule has 0 saturated carbocycles. The average Bonchev–Trinajstić information content (AvgIpc) is 2.15. The van der Waals surface area contributed by atoms with Gasteiger partial charge in [0.05, 0.1) is 12.0 Å². The molecular formula is C11H15ClN2. The summed E-state index contributed by atoms with van der Waals surface area (Å²) in [7, 11) is 3.90. The molecule has 0 unspecified atom stereocenters. The van der Waals surface area contributed by atoms with E-state index in [1.54, 1.807) is 6.34 Å². The minimum absolute atomic E-state index is 0.769. The molecule has 0 atom stereocenters. The zero-order valence-electron chi connectivity index (χ0n) is 8.79. The number of hydrogen-bond donors (Lipinski definition) is 0. The van der Waals surface area contributed by atoms with Crippen molar-refractivity contribution in [3.63, 3.8) is 0 Å². The third kappa shape index (κ3) is 3.04. The van der Waals surface area contributed by atoms with E-state index in [4.69, 9.17) is 11.6 Å². The summed E-state index contributed by atoms with van der Waals surface area (Å²) in [5, 5.41) is 0.769. The summed E-state index contributed by atoms with van der Waals surface area (Å²) in [5.41, 5.74) is 2.17. The van der Waals surface area contributed by atoms with Gasteiger partial charge in [-0.1, -0.05) is 18.5 Å². The normalized spacial score (nSPS) is 10.9. The Morgan fingerprint density at radius 3 is 2.71 bits per heavy atom. The molecule has 1 aromatic rings. The standard InChI is InChI=1S/C11H15ClN2/c1-4-9-7-10(12)5-6-11(9)13-8-14(2)3/h5-8H,4H2,1-3H3. The van der Waals surface area contributed by atoms with Crippen LogP contribution < -0.4 is 0 Å². The lowest BCUT2D eigenvalue weighted by atomic mass is 10.1. The fourth-order valence-electron chi connectivity index (χ4n) is 1.14. The maximum Gasteiger partial charge on any atom is 0.0907 e. The highest BCUT2D eigenvalue weighted by atomic mass is 35.5. The summed E-state index contributed by atoms with van der Waals surface area (Å²) < 4.78 is 0. The Morgan fingerprint density at radius 1 is 1.43 bits per heavy atom. The van der Waals surface area contributed by atoms with Gasteiger partial charge >= 0.3 is 0 Å². The van der Waals surface area contributed by atoms with E-state index in [0.717, 1.165) is 17.1 Å². The molecule has 0 aromatic heterocycles. The molecule has 0 saturated heterocycles. The molecular weight excluding hydrogens is 196 g/mol. The van der Waals surface area contributed by atoms with Gasteiger partial charge in [-0.3, -0.25) is 0 Å². The zero-order chi connectivity index (χ0) is 10.6. The molecule has 0 aliphatic rings. The van der Waals surface area contributed by atoms with Gasteiger partial charge in [-0.25, -0.2) is 4.99 Å². The lowest BCUT2D eigenvalue weighted by Crippen LogP contribution is -2.07. The smallest absolute Gasteiger partial charge is 0.0907 e. The minimum Gasteiger partial charge on any atom is -0.369 e. The van der Waals surface area contributed by atoms with E-state index in [0.29, 0.717) is 0 Å². The number of rotatable bonds is 3. The number of aliphatic imine (C=N–C) groups is 1. The maximum atomic E-state index is 5.90. The van der Waals surface area contributed by atoms with Crippen molar-refractivity contribution in [3.8, 4) is 0 Å². The van der Waals surface area contributed by atoms with Gasteiger partial charge in [-0.2, -0.15) is 0 Å². The van der Waals surface area contributed by atoms with Crippen molar-refractivity contribution < 1.29 is 0 Å². The first-order valence-electron chi connectivity index (χ1n) is 4.62. The SMILES string of the molecule is CCc1cc(Cl)ccc1N=CN(C)C.